The number of quaternary nitrogens is 1. The monoisotopic (exact) mass is 435 g/mol. The van der Waals surface area contributed by atoms with Crippen LogP contribution in [0.1, 0.15) is 95.6 Å². The molecule has 5 heteroatoms. The van der Waals surface area contributed by atoms with Crippen molar-refractivity contribution in [3.8, 4) is 0 Å². The average Bonchev–Trinajstić information content (AvgIpc) is 2.72. The van der Waals surface area contributed by atoms with Crippen LogP contribution < -0.4 is 5.11 Å². The quantitative estimate of drug-likeness (QED) is 0.127. The van der Waals surface area contributed by atoms with E-state index in [1.54, 1.807) is 12.1 Å². The Kier molecular flexibility index (Phi) is 13.7. The first-order valence-electron chi connectivity index (χ1n) is 12.3. The summed E-state index contributed by atoms with van der Waals surface area (Å²) in [5.41, 5.74) is 1.40. The molecule has 5 nitrogen and oxygen atoms in total. The molecule has 0 saturated heterocycles. The van der Waals surface area contributed by atoms with Crippen LogP contribution in [0.2, 0.25) is 0 Å². The van der Waals surface area contributed by atoms with Gasteiger partial charge in [-0.3, -0.25) is 4.99 Å². The second-order valence-corrected chi connectivity index (χ2v) is 9.72. The fraction of sp³-hybridized carbons (Fsp3) is 0.731. The van der Waals surface area contributed by atoms with Crippen LogP contribution in [0.15, 0.2) is 29.3 Å². The summed E-state index contributed by atoms with van der Waals surface area (Å²) >= 11 is 0. The van der Waals surface area contributed by atoms with Crippen molar-refractivity contribution in [1.82, 2.24) is 0 Å². The Balaban J connectivity index is 2.30. The van der Waals surface area contributed by atoms with E-state index in [9.17, 15) is 10.2 Å². The van der Waals surface area contributed by atoms with E-state index in [4.69, 9.17) is 5.11 Å². The first kappa shape index (κ1) is 27.6. The maximum atomic E-state index is 12.1. The minimum atomic E-state index is -0.710. The van der Waals surface area contributed by atoms with Gasteiger partial charge in [0.25, 0.3) is 0 Å². The summed E-state index contributed by atoms with van der Waals surface area (Å²) in [6.07, 6.45) is 13.8. The molecule has 178 valence electrons. The van der Waals surface area contributed by atoms with Crippen molar-refractivity contribution in [3.63, 3.8) is 0 Å². The van der Waals surface area contributed by atoms with Crippen LogP contribution >= 0.6 is 0 Å². The second kappa shape index (κ2) is 15.4. The van der Waals surface area contributed by atoms with Crippen molar-refractivity contribution in [1.29, 1.82) is 0 Å². The lowest BCUT2D eigenvalue weighted by molar-refractivity contribution is -0.901. The number of aliphatic hydroxyl groups is 1. The zero-order valence-corrected chi connectivity index (χ0v) is 20.4. The minimum Gasteiger partial charge on any atom is -0.862 e. The predicted octanol–water partition coefficient (Wildman–Crippen LogP) is 4.61. The van der Waals surface area contributed by atoms with Gasteiger partial charge in [-0.2, -0.15) is 0 Å². The number of aliphatic hydroxyl groups excluding tert-OH is 1. The Bertz CT molecular complexity index is 608. The highest BCUT2D eigenvalue weighted by Gasteiger charge is 2.34. The lowest BCUT2D eigenvalue weighted by Crippen LogP contribution is -2.50. The summed E-state index contributed by atoms with van der Waals surface area (Å²) in [4.78, 5) is 4.19. The van der Waals surface area contributed by atoms with Crippen LogP contribution in [-0.4, -0.2) is 54.4 Å². The zero-order chi connectivity index (χ0) is 23.1. The molecule has 0 heterocycles. The first-order valence-corrected chi connectivity index (χ1v) is 12.3. The van der Waals surface area contributed by atoms with Gasteiger partial charge in [0.05, 0.1) is 26.8 Å². The summed E-state index contributed by atoms with van der Waals surface area (Å²) in [6, 6.07) is 7.00. The molecule has 0 aromatic heterocycles. The molecule has 31 heavy (non-hydrogen) atoms. The van der Waals surface area contributed by atoms with E-state index in [1.165, 1.54) is 57.8 Å². The molecule has 0 saturated carbocycles. The van der Waals surface area contributed by atoms with Gasteiger partial charge in [0.15, 0.2) is 12.6 Å². The van der Waals surface area contributed by atoms with E-state index in [0.29, 0.717) is 16.6 Å². The molecule has 3 N–H and O–H groups in total. The van der Waals surface area contributed by atoms with Gasteiger partial charge in [-0.25, -0.2) is 0 Å². The number of rotatable bonds is 17. The molecule has 1 aromatic carbocycles. The maximum absolute atomic E-state index is 12.1. The predicted molar refractivity (Wildman–Crippen MR) is 130 cm³/mol. The number of aliphatic imine (C=N–C) groups is 1. The first-order chi connectivity index (χ1) is 14.8. The van der Waals surface area contributed by atoms with Crippen LogP contribution in [0.5, 0.6) is 0 Å². The van der Waals surface area contributed by atoms with Gasteiger partial charge in [0, 0.05) is 0 Å². The largest absolute Gasteiger partial charge is 0.862 e. The Morgan fingerprint density at radius 2 is 1.39 bits per heavy atom. The van der Waals surface area contributed by atoms with Crippen molar-refractivity contribution in [2.75, 3.05) is 27.7 Å². The number of hydrogen-bond acceptors (Lipinski definition) is 3. The van der Waals surface area contributed by atoms with Crippen molar-refractivity contribution < 1.29 is 19.8 Å². The standard InChI is InChI=1S/C26H46N2O3/c1-5-6-7-8-9-10-11-12-13-14-15-16-25(30)27-23-19-17-22(18-20-23)26(31)24(21-29)28(2,3)4/h17-20,24,26,29,31H,5-16,21H2,1-4H3/p+1/t24-,26-/m1/s1. The SMILES string of the molecule is CCCCCCCCCCCCCC([O-])=Nc1ccc([C@@H](O)[C@@H](C[OH2+])[N+](C)(C)C)cc1. The highest BCUT2D eigenvalue weighted by Crippen LogP contribution is 2.25. The number of nitrogens with zero attached hydrogens (tertiary/aromatic N) is 2. The molecular weight excluding hydrogens is 388 g/mol. The molecule has 0 fully saturated rings. The lowest BCUT2D eigenvalue weighted by Gasteiger charge is -2.34. The molecule has 0 aliphatic rings. The zero-order valence-electron chi connectivity index (χ0n) is 20.4. The smallest absolute Gasteiger partial charge is 0.199 e. The van der Waals surface area contributed by atoms with E-state index < -0.39 is 6.10 Å². The molecule has 0 aliphatic carbocycles. The Morgan fingerprint density at radius 1 is 0.903 bits per heavy atom. The number of likely N-dealkylation sites (N-methyl/N-ethyl adjacent to an activating group) is 1. The Labute approximate surface area is 190 Å². The summed E-state index contributed by atoms with van der Waals surface area (Å²) in [5, 5.41) is 30.5. The van der Waals surface area contributed by atoms with Crippen LogP contribution in [0.4, 0.5) is 5.69 Å². The van der Waals surface area contributed by atoms with Crippen LogP contribution in [0.25, 0.3) is 0 Å². The van der Waals surface area contributed by atoms with Gasteiger partial charge in [0.2, 0.25) is 0 Å². The molecule has 0 bridgehead atoms. The van der Waals surface area contributed by atoms with E-state index in [0.717, 1.165) is 18.4 Å². The molecule has 1 aromatic rings. The third-order valence-corrected chi connectivity index (χ3v) is 6.05. The Morgan fingerprint density at radius 3 is 1.84 bits per heavy atom. The second-order valence-electron chi connectivity index (χ2n) is 9.72. The molecule has 0 radical (unpaired) electrons. The van der Waals surface area contributed by atoms with Gasteiger partial charge < -0.3 is 19.8 Å². The van der Waals surface area contributed by atoms with Gasteiger partial charge in [0.1, 0.15) is 6.10 Å². The van der Waals surface area contributed by atoms with Gasteiger partial charge in [-0.1, -0.05) is 83.3 Å². The highest BCUT2D eigenvalue weighted by atomic mass is 16.3. The van der Waals surface area contributed by atoms with Crippen LogP contribution in [0.3, 0.4) is 0 Å². The number of unbranched alkanes of at least 4 members (excludes halogenated alkanes) is 10. The minimum absolute atomic E-state index is 0.0698. The summed E-state index contributed by atoms with van der Waals surface area (Å²) in [5.74, 6) is -0.0698. The fourth-order valence-electron chi connectivity index (χ4n) is 3.92. The van der Waals surface area contributed by atoms with Crippen molar-refractivity contribution in [2.24, 2.45) is 4.99 Å². The summed E-state index contributed by atoms with van der Waals surface area (Å²) < 4.78 is 0.522. The van der Waals surface area contributed by atoms with Gasteiger partial charge in [-0.15, -0.1) is 0 Å². The normalized spacial score (nSPS) is 14.6. The molecule has 0 aliphatic heterocycles. The Hall–Kier alpha value is -1.43. The van der Waals surface area contributed by atoms with Crippen LogP contribution in [-0.2, 0) is 0 Å². The van der Waals surface area contributed by atoms with Gasteiger partial charge in [-0.05, 0) is 36.4 Å². The van der Waals surface area contributed by atoms with Crippen LogP contribution in [0, 0.1) is 0 Å². The van der Waals surface area contributed by atoms with Crippen molar-refractivity contribution in [3.05, 3.63) is 29.8 Å². The molecule has 0 amide bonds. The fourth-order valence-corrected chi connectivity index (χ4v) is 3.92. The highest BCUT2D eigenvalue weighted by molar-refractivity contribution is 5.75. The average molecular weight is 436 g/mol. The van der Waals surface area contributed by atoms with E-state index in [2.05, 4.69) is 11.9 Å². The third kappa shape index (κ3) is 11.7. The van der Waals surface area contributed by atoms with Crippen molar-refractivity contribution >= 4 is 11.6 Å². The van der Waals surface area contributed by atoms with E-state index in [1.807, 2.05) is 33.3 Å². The summed E-state index contributed by atoms with van der Waals surface area (Å²) in [6.45, 7) is 2.40. The molecule has 0 unspecified atom stereocenters. The van der Waals surface area contributed by atoms with E-state index >= 15 is 0 Å². The third-order valence-electron chi connectivity index (χ3n) is 6.05. The number of benzene rings is 1. The van der Waals surface area contributed by atoms with Crippen molar-refractivity contribution in [2.45, 2.75) is 96.1 Å². The number of hydrogen-bond donors (Lipinski definition) is 1. The van der Waals surface area contributed by atoms with Gasteiger partial charge >= 0.3 is 0 Å². The summed E-state index contributed by atoms with van der Waals surface area (Å²) in [7, 11) is 5.96. The lowest BCUT2D eigenvalue weighted by atomic mass is 10.0. The maximum Gasteiger partial charge on any atom is 0.199 e. The van der Waals surface area contributed by atoms with E-state index in [-0.39, 0.29) is 18.5 Å². The molecule has 2 atom stereocenters. The topological polar surface area (TPSA) is 78.6 Å². The molecule has 1 rings (SSSR count). The molecular formula is C26H47N2O3+. The molecule has 0 spiro atoms.